The number of nitrogens with one attached hydrogen (secondary N) is 2. The number of hydrogen-bond acceptors (Lipinski definition) is 5. The maximum Gasteiger partial charge on any atom is 0.274 e. The Hall–Kier alpha value is -2.55. The lowest BCUT2D eigenvalue weighted by atomic mass is 10.2. The normalized spacial score (nSPS) is 12.0. The van der Waals surface area contributed by atoms with Gasteiger partial charge in [0.25, 0.3) is 5.91 Å². The number of aromatic nitrogens is 1. The van der Waals surface area contributed by atoms with Crippen LogP contribution in [0.15, 0.2) is 35.3 Å². The lowest BCUT2D eigenvalue weighted by Gasteiger charge is -2.08. The second-order valence-corrected chi connectivity index (χ2v) is 8.13. The summed E-state index contributed by atoms with van der Waals surface area (Å²) in [6.45, 7) is 1.33. The second kappa shape index (κ2) is 8.64. The number of hydrogen-bond donors (Lipinski definition) is 3. The van der Waals surface area contributed by atoms with E-state index in [0.717, 1.165) is 11.4 Å². The SMILES string of the molecule is CN=C(N)NC(=O)c1cc2c(Cl)ccc(OCc3ccc(CN(C)C)s3)c2[nH]1. The molecule has 4 N–H and O–H groups in total. The zero-order valence-corrected chi connectivity index (χ0v) is 17.4. The van der Waals surface area contributed by atoms with E-state index in [4.69, 9.17) is 22.1 Å². The van der Waals surface area contributed by atoms with Gasteiger partial charge in [0.1, 0.15) is 18.1 Å². The van der Waals surface area contributed by atoms with Gasteiger partial charge >= 0.3 is 0 Å². The van der Waals surface area contributed by atoms with Crippen LogP contribution in [0.1, 0.15) is 20.2 Å². The summed E-state index contributed by atoms with van der Waals surface area (Å²) in [6.07, 6.45) is 0. The van der Waals surface area contributed by atoms with E-state index in [1.807, 2.05) is 14.1 Å². The smallest absolute Gasteiger partial charge is 0.274 e. The van der Waals surface area contributed by atoms with Crippen LogP contribution in [0.3, 0.4) is 0 Å². The fraction of sp³-hybridized carbons (Fsp3) is 0.263. The molecule has 7 nitrogen and oxygen atoms in total. The van der Waals surface area contributed by atoms with Gasteiger partial charge in [0.15, 0.2) is 5.96 Å². The molecule has 9 heteroatoms. The standard InChI is InChI=1S/C19H22ClN5O2S/c1-22-19(21)24-18(26)15-8-13-14(20)6-7-16(17(13)23-15)27-10-12-5-4-11(28-12)9-25(2)3/h4-8,23H,9-10H2,1-3H3,(H3,21,22,24,26). The lowest BCUT2D eigenvalue weighted by molar-refractivity contribution is 0.0972. The average Bonchev–Trinajstić information content (AvgIpc) is 3.28. The first-order chi connectivity index (χ1) is 13.4. The number of carbonyl (C=O) groups is 1. The van der Waals surface area contributed by atoms with Gasteiger partial charge in [-0.1, -0.05) is 11.6 Å². The Balaban J connectivity index is 1.80. The summed E-state index contributed by atoms with van der Waals surface area (Å²) in [5, 5.41) is 3.72. The van der Waals surface area contributed by atoms with Crippen LogP contribution in [0.4, 0.5) is 0 Å². The van der Waals surface area contributed by atoms with E-state index in [1.165, 1.54) is 11.9 Å². The number of rotatable bonds is 6. The minimum Gasteiger partial charge on any atom is -0.486 e. The zero-order chi connectivity index (χ0) is 20.3. The second-order valence-electron chi connectivity index (χ2n) is 6.47. The van der Waals surface area contributed by atoms with Crippen molar-refractivity contribution in [3.63, 3.8) is 0 Å². The Labute approximate surface area is 172 Å². The molecule has 0 unspecified atom stereocenters. The third-order valence-corrected chi connectivity index (χ3v) is 5.36. The molecule has 0 atom stereocenters. The Bertz CT molecular complexity index is 1020. The van der Waals surface area contributed by atoms with Crippen molar-refractivity contribution >= 4 is 45.7 Å². The first kappa shape index (κ1) is 20.2. The number of nitrogens with zero attached hydrogens (tertiary/aromatic N) is 2. The van der Waals surface area contributed by atoms with Gasteiger partial charge in [-0.15, -0.1) is 11.3 Å². The molecule has 0 radical (unpaired) electrons. The first-order valence-corrected chi connectivity index (χ1v) is 9.76. The highest BCUT2D eigenvalue weighted by atomic mass is 35.5. The quantitative estimate of drug-likeness (QED) is 0.422. The van der Waals surface area contributed by atoms with Gasteiger partial charge in [-0.25, -0.2) is 0 Å². The molecule has 1 aromatic carbocycles. The first-order valence-electron chi connectivity index (χ1n) is 8.57. The maximum absolute atomic E-state index is 12.3. The Kier molecular flexibility index (Phi) is 6.23. The van der Waals surface area contributed by atoms with Crippen LogP contribution in [0, 0.1) is 0 Å². The number of H-pyrrole nitrogens is 1. The Morgan fingerprint density at radius 2 is 2.07 bits per heavy atom. The van der Waals surface area contributed by atoms with Gasteiger partial charge < -0.3 is 20.4 Å². The van der Waals surface area contributed by atoms with Gasteiger partial charge in [-0.05, 0) is 44.4 Å². The molecule has 28 heavy (non-hydrogen) atoms. The number of nitrogens with two attached hydrogens (primary N) is 1. The molecule has 0 spiro atoms. The number of fused-ring (bicyclic) bond motifs is 1. The lowest BCUT2D eigenvalue weighted by Crippen LogP contribution is -2.36. The molecular formula is C19H22ClN5O2S. The van der Waals surface area contributed by atoms with Crippen molar-refractivity contribution in [2.24, 2.45) is 10.7 Å². The van der Waals surface area contributed by atoms with Crippen molar-refractivity contribution in [3.8, 4) is 5.75 Å². The molecule has 0 bridgehead atoms. The summed E-state index contributed by atoms with van der Waals surface area (Å²) in [5.74, 6) is 0.267. The predicted octanol–water partition coefficient (Wildman–Crippen LogP) is 3.20. The topological polar surface area (TPSA) is 95.7 Å². The summed E-state index contributed by atoms with van der Waals surface area (Å²) < 4.78 is 6.00. The Morgan fingerprint density at radius 3 is 2.79 bits per heavy atom. The molecule has 3 aromatic rings. The molecule has 0 saturated carbocycles. The fourth-order valence-electron chi connectivity index (χ4n) is 2.69. The highest BCUT2D eigenvalue weighted by Gasteiger charge is 2.15. The van der Waals surface area contributed by atoms with Gasteiger partial charge in [-0.3, -0.25) is 15.1 Å². The number of ether oxygens (including phenoxy) is 1. The van der Waals surface area contributed by atoms with Crippen LogP contribution < -0.4 is 15.8 Å². The van der Waals surface area contributed by atoms with E-state index in [-0.39, 0.29) is 5.96 Å². The third-order valence-electron chi connectivity index (χ3n) is 3.99. The van der Waals surface area contributed by atoms with E-state index in [2.05, 4.69) is 32.3 Å². The molecule has 0 fully saturated rings. The van der Waals surface area contributed by atoms with E-state index in [0.29, 0.717) is 34.0 Å². The third kappa shape index (κ3) is 4.64. The predicted molar refractivity (Wildman–Crippen MR) is 114 cm³/mol. The molecule has 2 heterocycles. The minimum atomic E-state index is -0.395. The highest BCUT2D eigenvalue weighted by molar-refractivity contribution is 7.11. The monoisotopic (exact) mass is 419 g/mol. The minimum absolute atomic E-state index is 0.0393. The zero-order valence-electron chi connectivity index (χ0n) is 15.9. The van der Waals surface area contributed by atoms with Crippen LogP contribution in [-0.2, 0) is 13.2 Å². The number of thiophene rings is 1. The van der Waals surface area contributed by atoms with E-state index >= 15 is 0 Å². The largest absolute Gasteiger partial charge is 0.486 e. The van der Waals surface area contributed by atoms with E-state index in [1.54, 1.807) is 29.5 Å². The molecule has 0 aliphatic carbocycles. The molecule has 0 aliphatic heterocycles. The number of benzene rings is 1. The summed E-state index contributed by atoms with van der Waals surface area (Å²) >= 11 is 8.01. The number of aromatic amines is 1. The van der Waals surface area contributed by atoms with E-state index < -0.39 is 5.91 Å². The van der Waals surface area contributed by atoms with Crippen molar-refractivity contribution in [2.75, 3.05) is 21.1 Å². The number of carbonyl (C=O) groups excluding carboxylic acids is 1. The van der Waals surface area contributed by atoms with Crippen LogP contribution in [-0.4, -0.2) is 42.9 Å². The molecule has 0 saturated heterocycles. The summed E-state index contributed by atoms with van der Waals surface area (Å²) in [4.78, 5) is 23.6. The molecule has 1 amide bonds. The van der Waals surface area contributed by atoms with Gasteiger partial charge in [0.05, 0.1) is 10.5 Å². The van der Waals surface area contributed by atoms with Gasteiger partial charge in [0.2, 0.25) is 0 Å². The fourth-order valence-corrected chi connectivity index (χ4v) is 3.95. The van der Waals surface area contributed by atoms with Gasteiger partial charge in [0, 0.05) is 28.7 Å². The van der Waals surface area contributed by atoms with E-state index in [9.17, 15) is 4.79 Å². The van der Waals surface area contributed by atoms with Crippen molar-refractivity contribution in [2.45, 2.75) is 13.2 Å². The van der Waals surface area contributed by atoms with Crippen molar-refractivity contribution in [1.29, 1.82) is 0 Å². The van der Waals surface area contributed by atoms with Crippen LogP contribution in [0.25, 0.3) is 10.9 Å². The molecule has 3 rings (SSSR count). The summed E-state index contributed by atoms with van der Waals surface area (Å²) in [7, 11) is 5.58. The van der Waals surface area contributed by atoms with Crippen LogP contribution in [0.2, 0.25) is 5.02 Å². The van der Waals surface area contributed by atoms with Crippen LogP contribution >= 0.6 is 22.9 Å². The van der Waals surface area contributed by atoms with Crippen molar-refractivity contribution < 1.29 is 9.53 Å². The molecule has 0 aliphatic rings. The molecular weight excluding hydrogens is 398 g/mol. The number of guanidine groups is 1. The van der Waals surface area contributed by atoms with Crippen LogP contribution in [0.5, 0.6) is 5.75 Å². The molecule has 2 aromatic heterocycles. The Morgan fingerprint density at radius 1 is 1.32 bits per heavy atom. The van der Waals surface area contributed by atoms with Crippen molar-refractivity contribution in [3.05, 3.63) is 50.8 Å². The average molecular weight is 420 g/mol. The maximum atomic E-state index is 12.3. The molecule has 148 valence electrons. The number of halogens is 1. The summed E-state index contributed by atoms with van der Waals surface area (Å²) in [6, 6.07) is 9.39. The highest BCUT2D eigenvalue weighted by Crippen LogP contribution is 2.32. The number of aliphatic imine (C=N–C) groups is 1. The number of amides is 1. The summed E-state index contributed by atoms with van der Waals surface area (Å²) in [5.41, 5.74) is 6.55. The van der Waals surface area contributed by atoms with Gasteiger partial charge in [-0.2, -0.15) is 0 Å². The van der Waals surface area contributed by atoms with Crippen molar-refractivity contribution in [1.82, 2.24) is 15.2 Å².